The van der Waals surface area contributed by atoms with Gasteiger partial charge in [0.2, 0.25) is 0 Å². The van der Waals surface area contributed by atoms with Crippen molar-refractivity contribution in [3.8, 4) is 0 Å². The van der Waals surface area contributed by atoms with Crippen molar-refractivity contribution >= 4 is 31.7 Å². The van der Waals surface area contributed by atoms with E-state index in [0.29, 0.717) is 19.0 Å². The molecule has 0 atom stereocenters. The van der Waals surface area contributed by atoms with E-state index in [1.807, 2.05) is 13.0 Å². The van der Waals surface area contributed by atoms with Gasteiger partial charge < -0.3 is 10.6 Å². The highest BCUT2D eigenvalue weighted by Gasteiger charge is 2.44. The third kappa shape index (κ3) is 5.46. The molecule has 0 spiro atoms. The second-order valence-corrected chi connectivity index (χ2v) is 11.6. The van der Waals surface area contributed by atoms with Crippen LogP contribution in [0.15, 0.2) is 33.7 Å². The van der Waals surface area contributed by atoms with Gasteiger partial charge in [-0.25, -0.2) is 8.42 Å². The zero-order valence-electron chi connectivity index (χ0n) is 16.1. The molecular formula is C19H30BrN3O2S. The Kier molecular flexibility index (Phi) is 6.77. The molecule has 5 nitrogen and oxygen atoms in total. The Morgan fingerprint density at radius 2 is 1.96 bits per heavy atom. The summed E-state index contributed by atoms with van der Waals surface area (Å²) in [5, 5.41) is 6.37. The Hall–Kier alpha value is -1.08. The van der Waals surface area contributed by atoms with Crippen LogP contribution in [0.1, 0.15) is 46.1 Å². The van der Waals surface area contributed by atoms with E-state index in [1.165, 1.54) is 5.56 Å². The van der Waals surface area contributed by atoms with Gasteiger partial charge in [0.15, 0.2) is 15.8 Å². The minimum atomic E-state index is -3.14. The van der Waals surface area contributed by atoms with Crippen LogP contribution in [0.3, 0.4) is 0 Å². The van der Waals surface area contributed by atoms with E-state index in [0.717, 1.165) is 23.9 Å². The molecule has 7 heteroatoms. The number of sulfone groups is 1. The molecule has 1 fully saturated rings. The van der Waals surface area contributed by atoms with Gasteiger partial charge in [0, 0.05) is 23.0 Å². The fourth-order valence-corrected chi connectivity index (χ4v) is 4.07. The predicted octanol–water partition coefficient (Wildman–Crippen LogP) is 3.25. The maximum Gasteiger partial charge on any atom is 0.191 e. The number of nitrogens with zero attached hydrogens (tertiary/aromatic N) is 1. The molecule has 0 saturated heterocycles. The average molecular weight is 444 g/mol. The predicted molar refractivity (Wildman–Crippen MR) is 113 cm³/mol. The fourth-order valence-electron chi connectivity index (χ4n) is 2.69. The van der Waals surface area contributed by atoms with Gasteiger partial charge in [-0.2, -0.15) is 0 Å². The van der Waals surface area contributed by atoms with Crippen molar-refractivity contribution in [1.82, 2.24) is 10.6 Å². The maximum atomic E-state index is 12.2. The van der Waals surface area contributed by atoms with E-state index in [9.17, 15) is 8.42 Å². The smallest absolute Gasteiger partial charge is 0.191 e. The molecule has 146 valence electrons. The van der Waals surface area contributed by atoms with E-state index in [-0.39, 0.29) is 11.2 Å². The summed E-state index contributed by atoms with van der Waals surface area (Å²) in [7, 11) is -3.14. The van der Waals surface area contributed by atoms with E-state index in [4.69, 9.17) is 4.99 Å². The summed E-state index contributed by atoms with van der Waals surface area (Å²) in [6.45, 7) is 9.00. The molecule has 0 heterocycles. The van der Waals surface area contributed by atoms with Crippen molar-refractivity contribution in [2.75, 3.05) is 25.4 Å². The minimum absolute atomic E-state index is 0.0949. The monoisotopic (exact) mass is 443 g/mol. The van der Waals surface area contributed by atoms with Crippen LogP contribution >= 0.6 is 15.9 Å². The molecule has 0 bridgehead atoms. The average Bonchev–Trinajstić information content (AvgIpc) is 3.32. The molecule has 0 aromatic heterocycles. The first-order valence-corrected chi connectivity index (χ1v) is 11.5. The SMILES string of the molecule is CCNC(=NCC1(c2cccc(Br)c2)CC1)NCCS(=O)(=O)C(C)(C)C. The maximum absolute atomic E-state index is 12.2. The lowest BCUT2D eigenvalue weighted by Crippen LogP contribution is -2.42. The lowest BCUT2D eigenvalue weighted by atomic mass is 9.96. The molecule has 0 radical (unpaired) electrons. The van der Waals surface area contributed by atoms with Gasteiger partial charge in [0.05, 0.1) is 17.0 Å². The summed E-state index contributed by atoms with van der Waals surface area (Å²) in [6.07, 6.45) is 2.26. The van der Waals surface area contributed by atoms with Gasteiger partial charge in [0.1, 0.15) is 0 Å². The molecule has 26 heavy (non-hydrogen) atoms. The number of rotatable bonds is 7. The van der Waals surface area contributed by atoms with Crippen LogP contribution in [-0.2, 0) is 15.3 Å². The molecule has 1 aromatic rings. The van der Waals surface area contributed by atoms with Gasteiger partial charge in [-0.15, -0.1) is 0 Å². The van der Waals surface area contributed by atoms with Crippen LogP contribution in [-0.4, -0.2) is 44.5 Å². The largest absolute Gasteiger partial charge is 0.357 e. The number of hydrogen-bond donors (Lipinski definition) is 2. The second kappa shape index (κ2) is 8.30. The van der Waals surface area contributed by atoms with Gasteiger partial charge in [-0.05, 0) is 58.2 Å². The second-order valence-electron chi connectivity index (χ2n) is 7.84. The first-order chi connectivity index (χ1) is 12.1. The molecule has 0 amide bonds. The van der Waals surface area contributed by atoms with Crippen LogP contribution < -0.4 is 10.6 Å². The molecule has 0 aliphatic heterocycles. The highest BCUT2D eigenvalue weighted by Crippen LogP contribution is 2.48. The lowest BCUT2D eigenvalue weighted by molar-refractivity contribution is 0.559. The number of benzene rings is 1. The summed E-state index contributed by atoms with van der Waals surface area (Å²) in [5.74, 6) is 0.774. The van der Waals surface area contributed by atoms with Crippen molar-refractivity contribution in [1.29, 1.82) is 0 Å². The fraction of sp³-hybridized carbons (Fsp3) is 0.632. The molecule has 1 saturated carbocycles. The Morgan fingerprint density at radius 1 is 1.27 bits per heavy atom. The third-order valence-corrected chi connectivity index (χ3v) is 7.87. The highest BCUT2D eigenvalue weighted by molar-refractivity contribution is 9.10. The van der Waals surface area contributed by atoms with E-state index in [1.54, 1.807) is 20.8 Å². The van der Waals surface area contributed by atoms with Crippen LogP contribution in [0, 0.1) is 0 Å². The van der Waals surface area contributed by atoms with E-state index < -0.39 is 14.6 Å². The van der Waals surface area contributed by atoms with Crippen molar-refractivity contribution in [2.24, 2.45) is 4.99 Å². The van der Waals surface area contributed by atoms with Crippen molar-refractivity contribution in [3.63, 3.8) is 0 Å². The summed E-state index contributed by atoms with van der Waals surface area (Å²) in [5.41, 5.74) is 1.42. The van der Waals surface area contributed by atoms with Gasteiger partial charge in [0.25, 0.3) is 0 Å². The van der Waals surface area contributed by atoms with Gasteiger partial charge in [-0.3, -0.25) is 4.99 Å². The Bertz CT molecular complexity index is 750. The van der Waals surface area contributed by atoms with Crippen LogP contribution in [0.5, 0.6) is 0 Å². The molecule has 1 aromatic carbocycles. The number of guanidine groups is 1. The molecule has 1 aliphatic rings. The number of hydrogen-bond acceptors (Lipinski definition) is 3. The van der Waals surface area contributed by atoms with Crippen molar-refractivity contribution < 1.29 is 8.42 Å². The summed E-state index contributed by atoms with van der Waals surface area (Å²) in [6, 6.07) is 8.41. The quantitative estimate of drug-likeness (QED) is 0.501. The number of halogens is 1. The normalized spacial score (nSPS) is 17.0. The van der Waals surface area contributed by atoms with Crippen LogP contribution in [0.4, 0.5) is 0 Å². The molecular weight excluding hydrogens is 414 g/mol. The number of aliphatic imine (C=N–C) groups is 1. The summed E-state index contributed by atoms with van der Waals surface area (Å²) in [4.78, 5) is 4.72. The zero-order valence-corrected chi connectivity index (χ0v) is 18.5. The van der Waals surface area contributed by atoms with Crippen molar-refractivity contribution in [3.05, 3.63) is 34.3 Å². The molecule has 2 N–H and O–H groups in total. The Labute approximate surface area is 166 Å². The van der Waals surface area contributed by atoms with E-state index in [2.05, 4.69) is 44.8 Å². The zero-order chi connectivity index (χ0) is 19.4. The third-order valence-electron chi connectivity index (χ3n) is 4.77. The Balaban J connectivity index is 1.99. The standard InChI is InChI=1S/C19H30BrN3O2S/c1-5-21-17(22-11-12-26(24,25)18(2,3)4)23-14-19(9-10-19)15-7-6-8-16(20)13-15/h6-8,13H,5,9-12,14H2,1-4H3,(H2,21,22,23). The summed E-state index contributed by atoms with van der Waals surface area (Å²) >= 11 is 3.54. The lowest BCUT2D eigenvalue weighted by Gasteiger charge is -2.20. The topological polar surface area (TPSA) is 70.6 Å². The first-order valence-electron chi connectivity index (χ1n) is 9.10. The molecule has 2 rings (SSSR count). The Morgan fingerprint density at radius 3 is 2.50 bits per heavy atom. The first kappa shape index (κ1) is 21.2. The number of nitrogens with one attached hydrogen (secondary N) is 2. The van der Waals surface area contributed by atoms with Crippen molar-refractivity contribution in [2.45, 2.75) is 50.7 Å². The summed E-state index contributed by atoms with van der Waals surface area (Å²) < 4.78 is 24.8. The molecule has 0 unspecified atom stereocenters. The highest BCUT2D eigenvalue weighted by atomic mass is 79.9. The van der Waals surface area contributed by atoms with E-state index >= 15 is 0 Å². The van der Waals surface area contributed by atoms with Gasteiger partial charge in [-0.1, -0.05) is 28.1 Å². The van der Waals surface area contributed by atoms with Crippen LogP contribution in [0.2, 0.25) is 0 Å². The minimum Gasteiger partial charge on any atom is -0.357 e. The van der Waals surface area contributed by atoms with Crippen LogP contribution in [0.25, 0.3) is 0 Å². The molecule has 1 aliphatic carbocycles. The van der Waals surface area contributed by atoms with Gasteiger partial charge >= 0.3 is 0 Å².